The Morgan fingerprint density at radius 1 is 1.27 bits per heavy atom. The van der Waals surface area contributed by atoms with Crippen LogP contribution in [0.2, 0.25) is 0 Å². The van der Waals surface area contributed by atoms with E-state index in [0.717, 1.165) is 25.0 Å². The molecule has 1 amide bonds. The van der Waals surface area contributed by atoms with Crippen LogP contribution in [0.25, 0.3) is 0 Å². The van der Waals surface area contributed by atoms with Gasteiger partial charge in [-0.05, 0) is 31.0 Å². The van der Waals surface area contributed by atoms with Gasteiger partial charge in [-0.3, -0.25) is 4.79 Å². The number of carbonyl (C=O) groups is 1. The van der Waals surface area contributed by atoms with Crippen LogP contribution in [0, 0.1) is 5.92 Å². The van der Waals surface area contributed by atoms with Gasteiger partial charge in [-0.15, -0.1) is 0 Å². The molecule has 0 fully saturated rings. The standard InChI is InChI=1S/C16H22F3NO2/c1-4-6-11(3)15(21)20-13-10-12(16(17,18)19)7-8-14(13)22-9-5-2/h7-8,10-11H,4-6,9H2,1-3H3,(H,20,21). The molecule has 1 atom stereocenters. The van der Waals surface area contributed by atoms with Crippen LogP contribution in [0.5, 0.6) is 5.75 Å². The lowest BCUT2D eigenvalue weighted by Gasteiger charge is -2.17. The van der Waals surface area contributed by atoms with Gasteiger partial charge >= 0.3 is 6.18 Å². The van der Waals surface area contributed by atoms with Crippen molar-refractivity contribution in [2.75, 3.05) is 11.9 Å². The number of nitrogens with one attached hydrogen (secondary N) is 1. The van der Waals surface area contributed by atoms with E-state index in [4.69, 9.17) is 4.74 Å². The Hall–Kier alpha value is -1.72. The molecule has 1 aromatic rings. The summed E-state index contributed by atoms with van der Waals surface area (Å²) in [6.07, 6.45) is -2.23. The maximum absolute atomic E-state index is 12.8. The second-order valence-electron chi connectivity index (χ2n) is 5.24. The van der Waals surface area contributed by atoms with E-state index in [9.17, 15) is 18.0 Å². The predicted octanol–water partition coefficient (Wildman–Crippen LogP) is 4.87. The maximum Gasteiger partial charge on any atom is 0.416 e. The minimum Gasteiger partial charge on any atom is -0.491 e. The summed E-state index contributed by atoms with van der Waals surface area (Å²) in [4.78, 5) is 12.0. The first-order valence-electron chi connectivity index (χ1n) is 7.44. The molecular formula is C16H22F3NO2. The Kier molecular flexibility index (Phi) is 6.71. The minimum atomic E-state index is -4.46. The monoisotopic (exact) mass is 317 g/mol. The molecule has 0 aliphatic rings. The molecule has 0 saturated heterocycles. The molecule has 1 N–H and O–H groups in total. The van der Waals surface area contributed by atoms with Crippen molar-refractivity contribution in [3.8, 4) is 5.75 Å². The van der Waals surface area contributed by atoms with Gasteiger partial charge in [-0.2, -0.15) is 13.2 Å². The van der Waals surface area contributed by atoms with Gasteiger partial charge in [-0.1, -0.05) is 27.2 Å². The van der Waals surface area contributed by atoms with E-state index < -0.39 is 11.7 Å². The second-order valence-corrected chi connectivity index (χ2v) is 5.24. The summed E-state index contributed by atoms with van der Waals surface area (Å²) in [7, 11) is 0. The first-order chi connectivity index (χ1) is 10.3. The number of anilines is 1. The molecule has 0 bridgehead atoms. The number of alkyl halides is 3. The van der Waals surface area contributed by atoms with E-state index in [1.807, 2.05) is 13.8 Å². The summed E-state index contributed by atoms with van der Waals surface area (Å²) in [5.74, 6) is -0.312. The molecule has 124 valence electrons. The van der Waals surface area contributed by atoms with E-state index in [2.05, 4.69) is 5.32 Å². The molecule has 3 nitrogen and oxygen atoms in total. The number of benzene rings is 1. The maximum atomic E-state index is 12.8. The summed E-state index contributed by atoms with van der Waals surface area (Å²) >= 11 is 0. The number of hydrogen-bond acceptors (Lipinski definition) is 2. The molecular weight excluding hydrogens is 295 g/mol. The first-order valence-corrected chi connectivity index (χ1v) is 7.44. The number of amides is 1. The van der Waals surface area contributed by atoms with Gasteiger partial charge in [0.15, 0.2) is 0 Å². The largest absolute Gasteiger partial charge is 0.491 e. The lowest BCUT2D eigenvalue weighted by Crippen LogP contribution is -2.21. The van der Waals surface area contributed by atoms with Gasteiger partial charge in [0.1, 0.15) is 5.75 Å². The Labute approximate surface area is 128 Å². The zero-order chi connectivity index (χ0) is 16.8. The zero-order valence-corrected chi connectivity index (χ0v) is 13.1. The smallest absolute Gasteiger partial charge is 0.416 e. The van der Waals surface area contributed by atoms with Crippen molar-refractivity contribution in [2.24, 2.45) is 5.92 Å². The van der Waals surface area contributed by atoms with Gasteiger partial charge in [-0.25, -0.2) is 0 Å². The van der Waals surface area contributed by atoms with Crippen molar-refractivity contribution in [1.82, 2.24) is 0 Å². The summed E-state index contributed by atoms with van der Waals surface area (Å²) in [5, 5.41) is 2.55. The highest BCUT2D eigenvalue weighted by Gasteiger charge is 2.31. The van der Waals surface area contributed by atoms with Gasteiger partial charge in [0.05, 0.1) is 17.9 Å². The number of ether oxygens (including phenoxy) is 1. The molecule has 22 heavy (non-hydrogen) atoms. The van der Waals surface area contributed by atoms with Crippen LogP contribution in [-0.4, -0.2) is 12.5 Å². The highest BCUT2D eigenvalue weighted by Crippen LogP contribution is 2.35. The number of rotatable bonds is 7. The first kappa shape index (κ1) is 18.3. The fourth-order valence-corrected chi connectivity index (χ4v) is 1.96. The van der Waals surface area contributed by atoms with Crippen molar-refractivity contribution in [2.45, 2.75) is 46.2 Å². The van der Waals surface area contributed by atoms with Gasteiger partial charge in [0, 0.05) is 5.92 Å². The second kappa shape index (κ2) is 8.06. The molecule has 0 saturated carbocycles. The fourth-order valence-electron chi connectivity index (χ4n) is 1.96. The summed E-state index contributed by atoms with van der Waals surface area (Å²) in [6, 6.07) is 3.12. The molecule has 0 aliphatic carbocycles. The molecule has 1 aromatic carbocycles. The highest BCUT2D eigenvalue weighted by molar-refractivity contribution is 5.93. The fraction of sp³-hybridized carbons (Fsp3) is 0.562. The van der Waals surface area contributed by atoms with Crippen molar-refractivity contribution >= 4 is 11.6 Å². The quantitative estimate of drug-likeness (QED) is 0.779. The van der Waals surface area contributed by atoms with Crippen LogP contribution < -0.4 is 10.1 Å². The minimum absolute atomic E-state index is 0.0660. The molecule has 0 aliphatic heterocycles. The SMILES string of the molecule is CCCOc1ccc(C(F)(F)F)cc1NC(=O)C(C)CCC. The molecule has 0 aromatic heterocycles. The van der Waals surface area contributed by atoms with Gasteiger partial charge in [0.25, 0.3) is 0 Å². The van der Waals surface area contributed by atoms with Crippen LogP contribution in [0.1, 0.15) is 45.6 Å². The third kappa shape index (κ3) is 5.24. The molecule has 0 radical (unpaired) electrons. The van der Waals surface area contributed by atoms with Crippen LogP contribution in [0.3, 0.4) is 0 Å². The lowest BCUT2D eigenvalue weighted by atomic mass is 10.1. The van der Waals surface area contributed by atoms with Crippen LogP contribution >= 0.6 is 0 Å². The summed E-state index contributed by atoms with van der Waals surface area (Å²) < 4.78 is 43.9. The zero-order valence-electron chi connectivity index (χ0n) is 13.1. The van der Waals surface area contributed by atoms with Crippen molar-refractivity contribution in [3.63, 3.8) is 0 Å². The Balaban J connectivity index is 3.03. The Bertz CT molecular complexity index is 501. The Morgan fingerprint density at radius 2 is 1.95 bits per heavy atom. The molecule has 0 spiro atoms. The normalized spacial score (nSPS) is 12.8. The van der Waals surface area contributed by atoms with E-state index in [1.165, 1.54) is 6.07 Å². The van der Waals surface area contributed by atoms with E-state index >= 15 is 0 Å². The van der Waals surface area contributed by atoms with Crippen LogP contribution in [0.4, 0.5) is 18.9 Å². The average molecular weight is 317 g/mol. The molecule has 0 heterocycles. The third-order valence-corrected chi connectivity index (χ3v) is 3.20. The Morgan fingerprint density at radius 3 is 2.50 bits per heavy atom. The summed E-state index contributed by atoms with van der Waals surface area (Å²) in [5.41, 5.74) is -0.744. The number of halogens is 3. The van der Waals surface area contributed by atoms with Crippen molar-refractivity contribution < 1.29 is 22.7 Å². The molecule has 1 rings (SSSR count). The van der Waals surface area contributed by atoms with E-state index in [-0.39, 0.29) is 23.3 Å². The van der Waals surface area contributed by atoms with Gasteiger partial charge < -0.3 is 10.1 Å². The van der Waals surface area contributed by atoms with Crippen molar-refractivity contribution in [3.05, 3.63) is 23.8 Å². The predicted molar refractivity (Wildman–Crippen MR) is 79.9 cm³/mol. The molecule has 6 heteroatoms. The number of hydrogen-bond donors (Lipinski definition) is 1. The third-order valence-electron chi connectivity index (χ3n) is 3.20. The van der Waals surface area contributed by atoms with Gasteiger partial charge in [0.2, 0.25) is 5.91 Å². The lowest BCUT2D eigenvalue weighted by molar-refractivity contribution is -0.137. The highest BCUT2D eigenvalue weighted by atomic mass is 19.4. The topological polar surface area (TPSA) is 38.3 Å². The summed E-state index contributed by atoms with van der Waals surface area (Å²) in [6.45, 7) is 5.97. The van der Waals surface area contributed by atoms with Crippen LogP contribution in [-0.2, 0) is 11.0 Å². The molecule has 1 unspecified atom stereocenters. The number of carbonyl (C=O) groups excluding carboxylic acids is 1. The van der Waals surface area contributed by atoms with E-state index in [0.29, 0.717) is 13.0 Å². The van der Waals surface area contributed by atoms with E-state index in [1.54, 1.807) is 6.92 Å². The van der Waals surface area contributed by atoms with Crippen LogP contribution in [0.15, 0.2) is 18.2 Å². The van der Waals surface area contributed by atoms with Crippen molar-refractivity contribution in [1.29, 1.82) is 0 Å². The average Bonchev–Trinajstić information content (AvgIpc) is 2.45.